The minimum Gasteiger partial charge on any atom is -0.469 e. The SMILES string of the molecule is COC(=O)Cc1c(C(=O)OC)sc(NC(=O)CSC(C)c2ccccc2F)c1C(=O)OC. The van der Waals surface area contributed by atoms with Crippen LogP contribution in [0.5, 0.6) is 0 Å². The average molecular weight is 484 g/mol. The lowest BCUT2D eigenvalue weighted by molar-refractivity contribution is -0.139. The molecule has 172 valence electrons. The van der Waals surface area contributed by atoms with Crippen LogP contribution < -0.4 is 5.32 Å². The zero-order valence-electron chi connectivity index (χ0n) is 17.9. The number of anilines is 1. The molecule has 1 aromatic carbocycles. The molecule has 0 aliphatic rings. The van der Waals surface area contributed by atoms with Crippen molar-refractivity contribution in [1.29, 1.82) is 0 Å². The van der Waals surface area contributed by atoms with E-state index in [1.54, 1.807) is 25.1 Å². The van der Waals surface area contributed by atoms with Crippen molar-refractivity contribution < 1.29 is 37.8 Å². The summed E-state index contributed by atoms with van der Waals surface area (Å²) in [6, 6.07) is 6.28. The first-order valence-electron chi connectivity index (χ1n) is 9.28. The van der Waals surface area contributed by atoms with Crippen LogP contribution in [-0.4, -0.2) is 50.9 Å². The Kier molecular flexibility index (Phi) is 9.21. The van der Waals surface area contributed by atoms with E-state index in [1.807, 2.05) is 0 Å². The lowest BCUT2D eigenvalue weighted by Gasteiger charge is -2.12. The Morgan fingerprint density at radius 2 is 1.72 bits per heavy atom. The van der Waals surface area contributed by atoms with E-state index in [2.05, 4.69) is 10.1 Å². The average Bonchev–Trinajstić information content (AvgIpc) is 3.13. The van der Waals surface area contributed by atoms with Gasteiger partial charge in [0.15, 0.2) is 0 Å². The van der Waals surface area contributed by atoms with Gasteiger partial charge in [0.2, 0.25) is 5.91 Å². The summed E-state index contributed by atoms with van der Waals surface area (Å²) >= 11 is 1.99. The number of nitrogens with one attached hydrogen (secondary N) is 1. The first-order chi connectivity index (χ1) is 15.2. The number of hydrogen-bond donors (Lipinski definition) is 1. The molecule has 1 heterocycles. The molecule has 0 aliphatic heterocycles. The van der Waals surface area contributed by atoms with E-state index >= 15 is 0 Å². The maximum atomic E-state index is 13.9. The number of rotatable bonds is 9. The molecular formula is C21H22FNO7S2. The molecule has 0 aliphatic carbocycles. The Labute approximate surface area is 192 Å². The summed E-state index contributed by atoms with van der Waals surface area (Å²) in [5.74, 6) is -3.20. The van der Waals surface area contributed by atoms with Crippen LogP contribution in [0.25, 0.3) is 0 Å². The molecule has 32 heavy (non-hydrogen) atoms. The number of benzene rings is 1. The van der Waals surface area contributed by atoms with Gasteiger partial charge in [0.1, 0.15) is 15.7 Å². The number of carbonyl (C=O) groups is 4. The smallest absolute Gasteiger partial charge is 0.348 e. The van der Waals surface area contributed by atoms with Crippen LogP contribution in [0.3, 0.4) is 0 Å². The number of carbonyl (C=O) groups excluding carboxylic acids is 4. The topological polar surface area (TPSA) is 108 Å². The first kappa shape index (κ1) is 25.3. The van der Waals surface area contributed by atoms with Crippen molar-refractivity contribution in [1.82, 2.24) is 0 Å². The Bertz CT molecular complexity index is 1020. The molecule has 1 N–H and O–H groups in total. The third kappa shape index (κ3) is 6.07. The van der Waals surface area contributed by atoms with Crippen LogP contribution in [0.2, 0.25) is 0 Å². The molecule has 11 heteroatoms. The monoisotopic (exact) mass is 483 g/mol. The van der Waals surface area contributed by atoms with Gasteiger partial charge in [-0.15, -0.1) is 23.1 Å². The Morgan fingerprint density at radius 3 is 2.31 bits per heavy atom. The summed E-state index contributed by atoms with van der Waals surface area (Å²) in [4.78, 5) is 49.0. The van der Waals surface area contributed by atoms with Crippen molar-refractivity contribution in [2.75, 3.05) is 32.4 Å². The van der Waals surface area contributed by atoms with Gasteiger partial charge in [-0.1, -0.05) is 18.2 Å². The highest BCUT2D eigenvalue weighted by molar-refractivity contribution is 8.00. The third-order valence-corrected chi connectivity index (χ3v) is 6.69. The van der Waals surface area contributed by atoms with Gasteiger partial charge in [-0.3, -0.25) is 9.59 Å². The van der Waals surface area contributed by atoms with Crippen molar-refractivity contribution in [2.24, 2.45) is 0 Å². The maximum Gasteiger partial charge on any atom is 0.348 e. The standard InChI is InChI=1S/C21H22FNO7S2/c1-11(12-7-5-6-8-14(12)22)31-10-15(24)23-19-17(20(26)29-3)13(9-16(25)28-2)18(32-19)21(27)30-4/h5-8,11H,9-10H2,1-4H3,(H,23,24). The molecule has 1 atom stereocenters. The molecule has 2 rings (SSSR count). The number of thiophene rings is 1. The summed E-state index contributed by atoms with van der Waals surface area (Å²) in [6.45, 7) is 1.77. The van der Waals surface area contributed by atoms with E-state index in [4.69, 9.17) is 9.47 Å². The molecule has 0 fully saturated rings. The fourth-order valence-corrected chi connectivity index (χ4v) is 4.76. The maximum absolute atomic E-state index is 13.9. The lowest BCUT2D eigenvalue weighted by atomic mass is 10.1. The molecular weight excluding hydrogens is 461 g/mol. The molecule has 1 amide bonds. The zero-order chi connectivity index (χ0) is 23.8. The molecule has 0 saturated heterocycles. The molecule has 1 aromatic heterocycles. The van der Waals surface area contributed by atoms with Crippen molar-refractivity contribution in [3.05, 3.63) is 51.7 Å². The van der Waals surface area contributed by atoms with Crippen LogP contribution >= 0.6 is 23.1 Å². The van der Waals surface area contributed by atoms with Gasteiger partial charge in [0.25, 0.3) is 0 Å². The van der Waals surface area contributed by atoms with E-state index in [1.165, 1.54) is 24.9 Å². The minimum absolute atomic E-state index is 0.0269. The van der Waals surface area contributed by atoms with Gasteiger partial charge >= 0.3 is 17.9 Å². The molecule has 1 unspecified atom stereocenters. The Hall–Kier alpha value is -2.92. The highest BCUT2D eigenvalue weighted by Crippen LogP contribution is 2.36. The van der Waals surface area contributed by atoms with Gasteiger partial charge in [0.05, 0.1) is 39.1 Å². The summed E-state index contributed by atoms with van der Waals surface area (Å²) in [6.07, 6.45) is -0.392. The summed E-state index contributed by atoms with van der Waals surface area (Å²) in [5, 5.41) is 2.32. The van der Waals surface area contributed by atoms with Gasteiger partial charge < -0.3 is 19.5 Å². The van der Waals surface area contributed by atoms with E-state index in [-0.39, 0.29) is 37.8 Å². The summed E-state index contributed by atoms with van der Waals surface area (Å²) < 4.78 is 28.1. The van der Waals surface area contributed by atoms with Crippen molar-refractivity contribution in [3.8, 4) is 0 Å². The number of thioether (sulfide) groups is 1. The lowest BCUT2D eigenvalue weighted by Crippen LogP contribution is -2.18. The van der Waals surface area contributed by atoms with Gasteiger partial charge in [-0.25, -0.2) is 14.0 Å². The van der Waals surface area contributed by atoms with Crippen molar-refractivity contribution >= 4 is 51.9 Å². The molecule has 2 aromatic rings. The summed E-state index contributed by atoms with van der Waals surface area (Å²) in [5.41, 5.74) is 0.386. The molecule has 8 nitrogen and oxygen atoms in total. The number of hydrogen-bond acceptors (Lipinski definition) is 9. The van der Waals surface area contributed by atoms with Crippen molar-refractivity contribution in [3.63, 3.8) is 0 Å². The largest absolute Gasteiger partial charge is 0.469 e. The molecule has 0 radical (unpaired) electrons. The van der Waals surface area contributed by atoms with Gasteiger partial charge in [-0.2, -0.15) is 0 Å². The second-order valence-corrected chi connectivity index (χ2v) is 8.72. The Balaban J connectivity index is 2.28. The van der Waals surface area contributed by atoms with Crippen LogP contribution in [0.15, 0.2) is 24.3 Å². The van der Waals surface area contributed by atoms with Crippen LogP contribution in [0.1, 0.15) is 43.3 Å². The second-order valence-electron chi connectivity index (χ2n) is 6.37. The quantitative estimate of drug-likeness (QED) is 0.426. The molecule has 0 spiro atoms. The third-order valence-electron chi connectivity index (χ3n) is 4.38. The fourth-order valence-electron chi connectivity index (χ4n) is 2.77. The Morgan fingerprint density at radius 1 is 1.06 bits per heavy atom. The molecule has 0 saturated carbocycles. The number of methoxy groups -OCH3 is 3. The minimum atomic E-state index is -0.835. The molecule has 0 bridgehead atoms. The number of halogens is 1. The van der Waals surface area contributed by atoms with Crippen LogP contribution in [0, 0.1) is 5.82 Å². The predicted molar refractivity (Wildman–Crippen MR) is 119 cm³/mol. The van der Waals surface area contributed by atoms with Crippen molar-refractivity contribution in [2.45, 2.75) is 18.6 Å². The normalized spacial score (nSPS) is 11.4. The van der Waals surface area contributed by atoms with Crippen LogP contribution in [-0.2, 0) is 30.2 Å². The van der Waals surface area contributed by atoms with E-state index < -0.39 is 30.2 Å². The van der Waals surface area contributed by atoms with E-state index in [0.717, 1.165) is 25.6 Å². The number of amides is 1. The van der Waals surface area contributed by atoms with E-state index in [9.17, 15) is 23.6 Å². The van der Waals surface area contributed by atoms with Gasteiger partial charge in [-0.05, 0) is 13.0 Å². The first-order valence-corrected chi connectivity index (χ1v) is 11.1. The highest BCUT2D eigenvalue weighted by atomic mass is 32.2. The zero-order valence-corrected chi connectivity index (χ0v) is 19.5. The second kappa shape index (κ2) is 11.6. The number of ether oxygens (including phenoxy) is 3. The number of esters is 3. The van der Waals surface area contributed by atoms with Crippen LogP contribution in [0.4, 0.5) is 9.39 Å². The van der Waals surface area contributed by atoms with Gasteiger partial charge in [0, 0.05) is 16.4 Å². The van der Waals surface area contributed by atoms with E-state index in [0.29, 0.717) is 5.56 Å². The fraction of sp³-hybridized carbons (Fsp3) is 0.333. The summed E-state index contributed by atoms with van der Waals surface area (Å²) in [7, 11) is 3.46. The highest BCUT2D eigenvalue weighted by Gasteiger charge is 2.30. The predicted octanol–water partition coefficient (Wildman–Crippen LogP) is 3.61.